The van der Waals surface area contributed by atoms with E-state index in [-0.39, 0.29) is 6.17 Å². The summed E-state index contributed by atoms with van der Waals surface area (Å²) in [6, 6.07) is 8.23. The standard InChI is InChI=1S/C16H17BrN4/c1-10-7-14-12(8-13(10)17)16(18-2)21(3)15(20-14)11-5-4-6-19-9-11/h4-9,16,18H,1-3H3. The van der Waals surface area contributed by atoms with Gasteiger partial charge in [-0.25, -0.2) is 4.99 Å². The van der Waals surface area contributed by atoms with Crippen molar-refractivity contribution in [2.75, 3.05) is 14.1 Å². The fourth-order valence-electron chi connectivity index (χ4n) is 2.63. The van der Waals surface area contributed by atoms with Crippen LogP contribution in [0.2, 0.25) is 0 Å². The molecule has 2 heterocycles. The lowest BCUT2D eigenvalue weighted by atomic mass is 10.0. The molecule has 108 valence electrons. The van der Waals surface area contributed by atoms with Gasteiger partial charge in [0.25, 0.3) is 0 Å². The zero-order chi connectivity index (χ0) is 15.0. The first kappa shape index (κ1) is 14.2. The lowest BCUT2D eigenvalue weighted by Gasteiger charge is -2.35. The molecule has 0 saturated heterocycles. The van der Waals surface area contributed by atoms with Crippen molar-refractivity contribution in [3.63, 3.8) is 0 Å². The predicted molar refractivity (Wildman–Crippen MR) is 88.9 cm³/mol. The Labute approximate surface area is 133 Å². The van der Waals surface area contributed by atoms with Crippen molar-refractivity contribution < 1.29 is 0 Å². The van der Waals surface area contributed by atoms with Crippen molar-refractivity contribution in [1.82, 2.24) is 15.2 Å². The van der Waals surface area contributed by atoms with Crippen LogP contribution >= 0.6 is 15.9 Å². The van der Waals surface area contributed by atoms with Gasteiger partial charge in [-0.2, -0.15) is 0 Å². The Morgan fingerprint density at radius 3 is 2.81 bits per heavy atom. The molecule has 0 spiro atoms. The molecule has 4 nitrogen and oxygen atoms in total. The number of aromatic nitrogens is 1. The van der Waals surface area contributed by atoms with Crippen LogP contribution < -0.4 is 5.32 Å². The monoisotopic (exact) mass is 344 g/mol. The highest BCUT2D eigenvalue weighted by molar-refractivity contribution is 9.10. The highest BCUT2D eigenvalue weighted by Gasteiger charge is 2.27. The van der Waals surface area contributed by atoms with E-state index in [0.29, 0.717) is 0 Å². The molecule has 5 heteroatoms. The van der Waals surface area contributed by atoms with Gasteiger partial charge in [0.1, 0.15) is 12.0 Å². The molecule has 0 fully saturated rings. The Bertz CT molecular complexity index is 697. The van der Waals surface area contributed by atoms with E-state index in [1.54, 1.807) is 6.20 Å². The molecule has 1 aromatic carbocycles. The number of nitrogens with one attached hydrogen (secondary N) is 1. The number of aryl methyl sites for hydroxylation is 1. The fraction of sp³-hybridized carbons (Fsp3) is 0.250. The highest BCUT2D eigenvalue weighted by Crippen LogP contribution is 2.37. The second-order valence-corrected chi connectivity index (χ2v) is 5.99. The second kappa shape index (κ2) is 5.58. The van der Waals surface area contributed by atoms with Gasteiger partial charge in [0, 0.05) is 35.0 Å². The van der Waals surface area contributed by atoms with Crippen LogP contribution in [0.3, 0.4) is 0 Å². The highest BCUT2D eigenvalue weighted by atomic mass is 79.9. The molecule has 1 N–H and O–H groups in total. The van der Waals surface area contributed by atoms with Gasteiger partial charge >= 0.3 is 0 Å². The average Bonchev–Trinajstić information content (AvgIpc) is 2.50. The summed E-state index contributed by atoms with van der Waals surface area (Å²) in [6.07, 6.45) is 3.71. The number of rotatable bonds is 2. The van der Waals surface area contributed by atoms with Gasteiger partial charge in [-0.05, 0) is 43.8 Å². The molecule has 0 amide bonds. The van der Waals surface area contributed by atoms with Crippen LogP contribution in [0.15, 0.2) is 46.1 Å². The maximum atomic E-state index is 4.84. The molecule has 2 aromatic rings. The molecular weight excluding hydrogens is 328 g/mol. The van der Waals surface area contributed by atoms with Gasteiger partial charge in [-0.1, -0.05) is 15.9 Å². The van der Waals surface area contributed by atoms with Crippen molar-refractivity contribution in [3.05, 3.63) is 57.8 Å². The molecule has 1 aliphatic rings. The second-order valence-electron chi connectivity index (χ2n) is 5.14. The van der Waals surface area contributed by atoms with E-state index in [9.17, 15) is 0 Å². The minimum atomic E-state index is 0.0876. The van der Waals surface area contributed by atoms with Gasteiger partial charge in [0.05, 0.1) is 5.69 Å². The lowest BCUT2D eigenvalue weighted by molar-refractivity contribution is 0.327. The van der Waals surface area contributed by atoms with E-state index >= 15 is 0 Å². The van der Waals surface area contributed by atoms with Crippen molar-refractivity contribution >= 4 is 27.5 Å². The SMILES string of the molecule is CNC1c2cc(Br)c(C)cc2N=C(c2cccnc2)N1C. The first-order valence-electron chi connectivity index (χ1n) is 6.81. The van der Waals surface area contributed by atoms with E-state index in [1.165, 1.54) is 11.1 Å². The van der Waals surface area contributed by atoms with Crippen LogP contribution in [-0.4, -0.2) is 29.8 Å². The molecule has 0 radical (unpaired) electrons. The van der Waals surface area contributed by atoms with Gasteiger partial charge in [-0.15, -0.1) is 0 Å². The van der Waals surface area contributed by atoms with Crippen molar-refractivity contribution in [2.24, 2.45) is 4.99 Å². The zero-order valence-corrected chi connectivity index (χ0v) is 13.8. The number of benzene rings is 1. The third-order valence-corrected chi connectivity index (χ3v) is 4.60. The van der Waals surface area contributed by atoms with Crippen LogP contribution in [-0.2, 0) is 0 Å². The summed E-state index contributed by atoms with van der Waals surface area (Å²) in [5.74, 6) is 0.927. The van der Waals surface area contributed by atoms with E-state index in [0.717, 1.165) is 21.6 Å². The van der Waals surface area contributed by atoms with Crippen LogP contribution in [0.4, 0.5) is 5.69 Å². The van der Waals surface area contributed by atoms with Crippen molar-refractivity contribution in [3.8, 4) is 0 Å². The minimum Gasteiger partial charge on any atom is -0.339 e. The van der Waals surface area contributed by atoms with Gasteiger partial charge in [0.2, 0.25) is 0 Å². The van der Waals surface area contributed by atoms with Crippen LogP contribution in [0.25, 0.3) is 0 Å². The smallest absolute Gasteiger partial charge is 0.139 e. The number of fused-ring (bicyclic) bond motifs is 1. The van der Waals surface area contributed by atoms with Gasteiger partial charge in [0.15, 0.2) is 0 Å². The Balaban J connectivity index is 2.18. The van der Waals surface area contributed by atoms with Gasteiger partial charge in [-0.3, -0.25) is 10.3 Å². The minimum absolute atomic E-state index is 0.0876. The van der Waals surface area contributed by atoms with Crippen molar-refractivity contribution in [2.45, 2.75) is 13.1 Å². The van der Waals surface area contributed by atoms with E-state index < -0.39 is 0 Å². The molecular formula is C16H17BrN4. The number of nitrogens with zero attached hydrogens (tertiary/aromatic N) is 3. The number of aliphatic imine (C=N–C) groups is 1. The quantitative estimate of drug-likeness (QED) is 0.907. The normalized spacial score (nSPS) is 17.4. The molecule has 0 aliphatic carbocycles. The van der Waals surface area contributed by atoms with E-state index in [4.69, 9.17) is 4.99 Å². The van der Waals surface area contributed by atoms with E-state index in [1.807, 2.05) is 32.4 Å². The zero-order valence-electron chi connectivity index (χ0n) is 12.3. The Morgan fingerprint density at radius 1 is 1.33 bits per heavy atom. The summed E-state index contributed by atoms with van der Waals surface area (Å²) in [5, 5.41) is 3.36. The lowest BCUT2D eigenvalue weighted by Crippen LogP contribution is -2.40. The first-order chi connectivity index (χ1) is 10.1. The number of hydrogen-bond donors (Lipinski definition) is 1. The van der Waals surface area contributed by atoms with Crippen LogP contribution in [0.5, 0.6) is 0 Å². The Kier molecular flexibility index (Phi) is 3.78. The average molecular weight is 345 g/mol. The topological polar surface area (TPSA) is 40.5 Å². The summed E-state index contributed by atoms with van der Waals surface area (Å²) in [4.78, 5) is 11.2. The third-order valence-electron chi connectivity index (χ3n) is 3.74. The van der Waals surface area contributed by atoms with Crippen molar-refractivity contribution in [1.29, 1.82) is 0 Å². The summed E-state index contributed by atoms with van der Waals surface area (Å²) in [6.45, 7) is 2.08. The first-order valence-corrected chi connectivity index (χ1v) is 7.60. The number of hydrogen-bond acceptors (Lipinski definition) is 4. The summed E-state index contributed by atoms with van der Waals surface area (Å²) < 4.78 is 1.11. The maximum Gasteiger partial charge on any atom is 0.139 e. The molecule has 1 unspecified atom stereocenters. The number of pyridine rings is 1. The molecule has 1 aromatic heterocycles. The summed E-state index contributed by atoms with van der Waals surface area (Å²) in [5.41, 5.74) is 4.38. The molecule has 21 heavy (non-hydrogen) atoms. The summed E-state index contributed by atoms with van der Waals surface area (Å²) >= 11 is 3.61. The largest absolute Gasteiger partial charge is 0.339 e. The van der Waals surface area contributed by atoms with Crippen LogP contribution in [0, 0.1) is 6.92 Å². The fourth-order valence-corrected chi connectivity index (χ4v) is 2.99. The van der Waals surface area contributed by atoms with Crippen LogP contribution in [0.1, 0.15) is 22.9 Å². The third kappa shape index (κ3) is 2.47. The molecule has 3 rings (SSSR count). The van der Waals surface area contributed by atoms with E-state index in [2.05, 4.69) is 50.2 Å². The molecule has 0 saturated carbocycles. The molecule has 1 aliphatic heterocycles. The number of amidine groups is 1. The summed E-state index contributed by atoms with van der Waals surface area (Å²) in [7, 11) is 4.01. The maximum absolute atomic E-state index is 4.84. The number of halogens is 1. The Hall–Kier alpha value is -1.72. The molecule has 1 atom stereocenters. The predicted octanol–water partition coefficient (Wildman–Crippen LogP) is 3.39. The van der Waals surface area contributed by atoms with Gasteiger partial charge < -0.3 is 4.90 Å². The molecule has 0 bridgehead atoms. The Morgan fingerprint density at radius 2 is 2.14 bits per heavy atom.